The van der Waals surface area contributed by atoms with Gasteiger partial charge in [-0.3, -0.25) is 9.59 Å². The summed E-state index contributed by atoms with van der Waals surface area (Å²) in [6.07, 6.45) is 0.554. The van der Waals surface area contributed by atoms with Crippen molar-refractivity contribution in [3.05, 3.63) is 53.6 Å². The van der Waals surface area contributed by atoms with E-state index in [-0.39, 0.29) is 17.6 Å². The maximum atomic E-state index is 12.2. The lowest BCUT2D eigenvalue weighted by molar-refractivity contribution is -0.113. The third-order valence-corrected chi connectivity index (χ3v) is 4.80. The summed E-state index contributed by atoms with van der Waals surface area (Å²) in [5.41, 5.74) is 2.00. The van der Waals surface area contributed by atoms with Crippen molar-refractivity contribution in [2.75, 3.05) is 17.6 Å². The fourth-order valence-electron chi connectivity index (χ4n) is 2.48. The average Bonchev–Trinajstić information content (AvgIpc) is 2.62. The van der Waals surface area contributed by atoms with E-state index in [1.807, 2.05) is 6.07 Å². The van der Waals surface area contributed by atoms with Crippen molar-refractivity contribution >= 4 is 29.3 Å². The van der Waals surface area contributed by atoms with Crippen LogP contribution in [0.5, 0.6) is 5.75 Å². The molecule has 0 saturated carbocycles. The van der Waals surface area contributed by atoms with Crippen molar-refractivity contribution in [3.8, 4) is 5.75 Å². The van der Waals surface area contributed by atoms with Crippen LogP contribution in [0.3, 0.4) is 0 Å². The smallest absolute Gasteiger partial charge is 0.387 e. The van der Waals surface area contributed by atoms with Crippen molar-refractivity contribution in [2.45, 2.75) is 17.9 Å². The average molecular weight is 378 g/mol. The first-order valence-electron chi connectivity index (χ1n) is 7.90. The molecule has 26 heavy (non-hydrogen) atoms. The highest BCUT2D eigenvalue weighted by Crippen LogP contribution is 2.31. The highest BCUT2D eigenvalue weighted by atomic mass is 32.2. The van der Waals surface area contributed by atoms with E-state index < -0.39 is 6.61 Å². The van der Waals surface area contributed by atoms with E-state index in [1.54, 1.807) is 24.3 Å². The molecule has 0 bridgehead atoms. The van der Waals surface area contributed by atoms with Gasteiger partial charge < -0.3 is 15.4 Å². The van der Waals surface area contributed by atoms with E-state index in [9.17, 15) is 18.4 Å². The molecule has 0 radical (unpaired) electrons. The Bertz CT molecular complexity index is 813. The molecular formula is C18H16F2N2O3S. The first-order valence-corrected chi connectivity index (χ1v) is 8.88. The van der Waals surface area contributed by atoms with Crippen LogP contribution in [0, 0.1) is 0 Å². The van der Waals surface area contributed by atoms with E-state index in [0.29, 0.717) is 30.0 Å². The molecule has 0 saturated heterocycles. The van der Waals surface area contributed by atoms with Gasteiger partial charge in [-0.25, -0.2) is 0 Å². The number of rotatable bonds is 6. The number of thioether (sulfide) groups is 1. The maximum absolute atomic E-state index is 12.2. The Hall–Kier alpha value is -2.61. The van der Waals surface area contributed by atoms with Crippen molar-refractivity contribution in [1.82, 2.24) is 5.32 Å². The molecule has 8 heteroatoms. The van der Waals surface area contributed by atoms with E-state index >= 15 is 0 Å². The number of halogens is 2. The van der Waals surface area contributed by atoms with Crippen molar-refractivity contribution in [3.63, 3.8) is 0 Å². The van der Waals surface area contributed by atoms with E-state index in [4.69, 9.17) is 0 Å². The molecule has 0 aliphatic carbocycles. The SMILES string of the molecule is O=C1CSc2ccc(C(=O)NCCc3ccc(OC(F)F)cc3)cc2N1. The molecule has 0 spiro atoms. The molecule has 1 aliphatic heterocycles. The first-order chi connectivity index (χ1) is 12.5. The topological polar surface area (TPSA) is 67.4 Å². The Kier molecular flexibility index (Phi) is 5.72. The summed E-state index contributed by atoms with van der Waals surface area (Å²) in [5.74, 6) is 0.149. The van der Waals surface area contributed by atoms with Gasteiger partial charge in [0.25, 0.3) is 5.91 Å². The summed E-state index contributed by atoms with van der Waals surface area (Å²) in [6, 6.07) is 11.5. The van der Waals surface area contributed by atoms with E-state index in [2.05, 4.69) is 15.4 Å². The second-order valence-electron chi connectivity index (χ2n) is 5.58. The van der Waals surface area contributed by atoms with Crippen LogP contribution in [0.2, 0.25) is 0 Å². The van der Waals surface area contributed by atoms with Gasteiger partial charge in [-0.2, -0.15) is 8.78 Å². The molecule has 3 rings (SSSR count). The number of alkyl halides is 2. The van der Waals surface area contributed by atoms with Crippen LogP contribution in [-0.4, -0.2) is 30.7 Å². The molecule has 0 atom stereocenters. The lowest BCUT2D eigenvalue weighted by atomic mass is 10.1. The van der Waals surface area contributed by atoms with Gasteiger partial charge in [0.2, 0.25) is 5.91 Å². The first kappa shape index (κ1) is 18.2. The van der Waals surface area contributed by atoms with Gasteiger partial charge in [0.1, 0.15) is 5.75 Å². The molecule has 5 nitrogen and oxygen atoms in total. The van der Waals surface area contributed by atoms with Gasteiger partial charge in [0.15, 0.2) is 0 Å². The monoisotopic (exact) mass is 378 g/mol. The molecular weight excluding hydrogens is 362 g/mol. The van der Waals surface area contributed by atoms with Crippen LogP contribution in [0.15, 0.2) is 47.4 Å². The Morgan fingerprint density at radius 1 is 1.23 bits per heavy atom. The summed E-state index contributed by atoms with van der Waals surface area (Å²) in [4.78, 5) is 24.6. The predicted octanol–water partition coefficient (Wildman–Crippen LogP) is 3.30. The minimum atomic E-state index is -2.85. The highest BCUT2D eigenvalue weighted by Gasteiger charge is 2.17. The van der Waals surface area contributed by atoms with Crippen LogP contribution in [0.1, 0.15) is 15.9 Å². The highest BCUT2D eigenvalue weighted by molar-refractivity contribution is 8.00. The number of benzene rings is 2. The third-order valence-electron chi connectivity index (χ3n) is 3.72. The van der Waals surface area contributed by atoms with Gasteiger partial charge in [0, 0.05) is 17.0 Å². The fraction of sp³-hybridized carbons (Fsp3) is 0.222. The summed E-state index contributed by atoms with van der Waals surface area (Å²) in [5, 5.41) is 5.55. The van der Waals surface area contributed by atoms with Crippen LogP contribution >= 0.6 is 11.8 Å². The number of anilines is 1. The molecule has 2 amide bonds. The second kappa shape index (κ2) is 8.18. The molecule has 136 valence electrons. The predicted molar refractivity (Wildman–Crippen MR) is 94.9 cm³/mol. The number of fused-ring (bicyclic) bond motifs is 1. The molecule has 2 aromatic carbocycles. The summed E-state index contributed by atoms with van der Waals surface area (Å²) < 4.78 is 28.5. The van der Waals surface area contributed by atoms with Crippen LogP contribution in [0.4, 0.5) is 14.5 Å². The van der Waals surface area contributed by atoms with Crippen molar-refractivity contribution < 1.29 is 23.1 Å². The Morgan fingerprint density at radius 2 is 2.00 bits per heavy atom. The standard InChI is InChI=1S/C18H16F2N2O3S/c19-18(20)25-13-4-1-11(2-5-13)7-8-21-17(24)12-3-6-15-14(9-12)22-16(23)10-26-15/h1-6,9,18H,7-8,10H2,(H,21,24)(H,22,23). The lowest BCUT2D eigenvalue weighted by Crippen LogP contribution is -2.26. The molecule has 2 N–H and O–H groups in total. The number of carbonyl (C=O) groups excluding carboxylic acids is 2. The van der Waals surface area contributed by atoms with Gasteiger partial charge in [-0.15, -0.1) is 11.8 Å². The van der Waals surface area contributed by atoms with Crippen LogP contribution < -0.4 is 15.4 Å². The summed E-state index contributed by atoms with van der Waals surface area (Å²) in [7, 11) is 0. The van der Waals surface area contributed by atoms with Crippen molar-refractivity contribution in [2.24, 2.45) is 0 Å². The lowest BCUT2D eigenvalue weighted by Gasteiger charge is -2.17. The van der Waals surface area contributed by atoms with Gasteiger partial charge in [-0.05, 0) is 42.3 Å². The number of hydrogen-bond acceptors (Lipinski definition) is 4. The minimum absolute atomic E-state index is 0.0840. The van der Waals surface area contributed by atoms with E-state index in [1.165, 1.54) is 23.9 Å². The Labute approximate surface area is 153 Å². The Morgan fingerprint density at radius 3 is 2.73 bits per heavy atom. The Balaban J connectivity index is 1.53. The van der Waals surface area contributed by atoms with Crippen LogP contribution in [-0.2, 0) is 11.2 Å². The van der Waals surface area contributed by atoms with E-state index in [0.717, 1.165) is 10.5 Å². The zero-order valence-electron chi connectivity index (χ0n) is 13.6. The maximum Gasteiger partial charge on any atom is 0.387 e. The van der Waals surface area contributed by atoms with Gasteiger partial charge >= 0.3 is 6.61 Å². The van der Waals surface area contributed by atoms with Crippen LogP contribution in [0.25, 0.3) is 0 Å². The zero-order chi connectivity index (χ0) is 18.5. The van der Waals surface area contributed by atoms with Gasteiger partial charge in [0.05, 0.1) is 11.4 Å². The normalized spacial score (nSPS) is 13.1. The van der Waals surface area contributed by atoms with Gasteiger partial charge in [-0.1, -0.05) is 12.1 Å². The number of carbonyl (C=O) groups is 2. The number of nitrogens with one attached hydrogen (secondary N) is 2. The molecule has 1 aliphatic rings. The molecule has 0 aromatic heterocycles. The molecule has 2 aromatic rings. The number of amides is 2. The molecule has 1 heterocycles. The second-order valence-corrected chi connectivity index (χ2v) is 6.59. The minimum Gasteiger partial charge on any atom is -0.435 e. The molecule has 0 unspecified atom stereocenters. The summed E-state index contributed by atoms with van der Waals surface area (Å²) in [6.45, 7) is -2.45. The molecule has 0 fully saturated rings. The van der Waals surface area contributed by atoms with Crippen molar-refractivity contribution in [1.29, 1.82) is 0 Å². The number of hydrogen-bond donors (Lipinski definition) is 2. The fourth-order valence-corrected chi connectivity index (χ4v) is 3.27. The number of ether oxygens (including phenoxy) is 1. The summed E-state index contributed by atoms with van der Waals surface area (Å²) >= 11 is 1.44. The largest absolute Gasteiger partial charge is 0.435 e. The third kappa shape index (κ3) is 4.72. The zero-order valence-corrected chi connectivity index (χ0v) is 14.4. The quantitative estimate of drug-likeness (QED) is 0.809.